The van der Waals surface area contributed by atoms with Crippen LogP contribution in [0.1, 0.15) is 30.1 Å². The van der Waals surface area contributed by atoms with E-state index in [0.717, 1.165) is 36.3 Å². The van der Waals surface area contributed by atoms with Crippen LogP contribution in [0.25, 0.3) is 16.6 Å². The Morgan fingerprint density at radius 1 is 1.36 bits per heavy atom. The summed E-state index contributed by atoms with van der Waals surface area (Å²) in [5.41, 5.74) is 4.35. The highest BCUT2D eigenvalue weighted by atomic mass is 16.5. The Labute approximate surface area is 145 Å². The highest BCUT2D eigenvalue weighted by Crippen LogP contribution is 2.32. The average Bonchev–Trinajstić information content (AvgIpc) is 3.24. The molecule has 7 heteroatoms. The summed E-state index contributed by atoms with van der Waals surface area (Å²) in [6, 6.07) is 4.50. The lowest BCUT2D eigenvalue weighted by molar-refractivity contribution is 0.342. The number of hydrogen-bond acceptors (Lipinski definition) is 5. The summed E-state index contributed by atoms with van der Waals surface area (Å²) >= 11 is 0. The van der Waals surface area contributed by atoms with E-state index in [0.29, 0.717) is 22.9 Å². The average molecular weight is 336 g/mol. The van der Waals surface area contributed by atoms with Crippen molar-refractivity contribution < 1.29 is 4.74 Å². The molecule has 1 fully saturated rings. The molecular formula is C18H20N6O. The molecule has 0 aliphatic carbocycles. The molecule has 3 aromatic heterocycles. The van der Waals surface area contributed by atoms with Crippen LogP contribution < -0.4 is 10.1 Å². The summed E-state index contributed by atoms with van der Waals surface area (Å²) < 4.78 is 9.32. The second kappa shape index (κ2) is 6.22. The van der Waals surface area contributed by atoms with E-state index in [9.17, 15) is 5.26 Å². The molecule has 25 heavy (non-hydrogen) atoms. The van der Waals surface area contributed by atoms with Crippen LogP contribution in [0.3, 0.4) is 0 Å². The van der Waals surface area contributed by atoms with Gasteiger partial charge in [-0.25, -0.2) is 4.52 Å². The zero-order chi connectivity index (χ0) is 17.4. The minimum absolute atomic E-state index is 0.392. The van der Waals surface area contributed by atoms with Gasteiger partial charge in [-0.3, -0.25) is 4.68 Å². The summed E-state index contributed by atoms with van der Waals surface area (Å²) in [7, 11) is 1.61. The zero-order valence-electron chi connectivity index (χ0n) is 14.4. The van der Waals surface area contributed by atoms with Gasteiger partial charge in [0.1, 0.15) is 22.9 Å². The molecule has 0 amide bonds. The molecule has 4 rings (SSSR count). The topological polar surface area (TPSA) is 80.2 Å². The lowest BCUT2D eigenvalue weighted by Crippen LogP contribution is -2.32. The van der Waals surface area contributed by atoms with E-state index in [4.69, 9.17) is 4.74 Å². The Morgan fingerprint density at radius 3 is 2.96 bits per heavy atom. The molecule has 1 atom stereocenters. The SMILES string of the molecule is COc1cc(-c2cnn([C@@H]3CCCNC3)c2C)cn2ncc(C#N)c12. The third kappa shape index (κ3) is 2.55. The highest BCUT2D eigenvalue weighted by Gasteiger charge is 2.20. The first-order valence-electron chi connectivity index (χ1n) is 8.43. The summed E-state index contributed by atoms with van der Waals surface area (Å²) in [5, 5.41) is 21.6. The number of ether oxygens (including phenoxy) is 1. The third-order valence-corrected chi connectivity index (χ3v) is 4.89. The van der Waals surface area contributed by atoms with Gasteiger partial charge in [-0.2, -0.15) is 15.5 Å². The molecule has 0 unspecified atom stereocenters. The number of methoxy groups -OCH3 is 1. The van der Waals surface area contributed by atoms with Gasteiger partial charge in [0.25, 0.3) is 0 Å². The van der Waals surface area contributed by atoms with Crippen LogP contribution in [0, 0.1) is 18.3 Å². The Hall–Kier alpha value is -2.85. The van der Waals surface area contributed by atoms with Gasteiger partial charge in [0.15, 0.2) is 0 Å². The summed E-state index contributed by atoms with van der Waals surface area (Å²) in [6.45, 7) is 4.13. The Morgan fingerprint density at radius 2 is 2.24 bits per heavy atom. The molecule has 0 radical (unpaired) electrons. The number of nitrogens with zero attached hydrogens (tertiary/aromatic N) is 5. The number of piperidine rings is 1. The van der Waals surface area contributed by atoms with E-state index < -0.39 is 0 Å². The van der Waals surface area contributed by atoms with Crippen LogP contribution in [0.4, 0.5) is 0 Å². The molecule has 1 N–H and O–H groups in total. The van der Waals surface area contributed by atoms with Gasteiger partial charge in [-0.1, -0.05) is 0 Å². The molecular weight excluding hydrogens is 316 g/mol. The number of hydrogen-bond donors (Lipinski definition) is 1. The lowest BCUT2D eigenvalue weighted by Gasteiger charge is -2.24. The number of pyridine rings is 1. The zero-order valence-corrected chi connectivity index (χ0v) is 14.4. The number of aromatic nitrogens is 4. The lowest BCUT2D eigenvalue weighted by atomic mass is 10.1. The van der Waals surface area contributed by atoms with Crippen molar-refractivity contribution in [1.29, 1.82) is 5.26 Å². The van der Waals surface area contributed by atoms with Crippen molar-refractivity contribution in [3.63, 3.8) is 0 Å². The predicted molar refractivity (Wildman–Crippen MR) is 93.6 cm³/mol. The Balaban J connectivity index is 1.80. The normalized spacial score (nSPS) is 17.6. The van der Waals surface area contributed by atoms with Crippen LogP contribution in [-0.2, 0) is 0 Å². The van der Waals surface area contributed by atoms with E-state index in [1.807, 2.05) is 18.5 Å². The van der Waals surface area contributed by atoms with E-state index in [1.165, 1.54) is 6.42 Å². The molecule has 1 aliphatic rings. The molecule has 0 saturated carbocycles. The van der Waals surface area contributed by atoms with Crippen molar-refractivity contribution in [3.8, 4) is 22.9 Å². The van der Waals surface area contributed by atoms with Gasteiger partial charge in [-0.15, -0.1) is 0 Å². The molecule has 1 saturated heterocycles. The molecule has 7 nitrogen and oxygen atoms in total. The molecule has 1 aliphatic heterocycles. The Kier molecular flexibility index (Phi) is 3.90. The molecule has 0 spiro atoms. The van der Waals surface area contributed by atoms with Gasteiger partial charge >= 0.3 is 0 Å². The largest absolute Gasteiger partial charge is 0.494 e. The summed E-state index contributed by atoms with van der Waals surface area (Å²) in [4.78, 5) is 0. The van der Waals surface area contributed by atoms with Gasteiger partial charge < -0.3 is 10.1 Å². The molecule has 3 aromatic rings. The number of rotatable bonds is 3. The first kappa shape index (κ1) is 15.7. The second-order valence-electron chi connectivity index (χ2n) is 6.35. The van der Waals surface area contributed by atoms with Crippen LogP contribution >= 0.6 is 0 Å². The molecule has 0 aromatic carbocycles. The minimum atomic E-state index is 0.392. The Bertz CT molecular complexity index is 958. The molecule has 0 bridgehead atoms. The smallest absolute Gasteiger partial charge is 0.146 e. The van der Waals surface area contributed by atoms with Crippen LogP contribution in [-0.4, -0.2) is 39.6 Å². The van der Waals surface area contributed by atoms with Crippen LogP contribution in [0.2, 0.25) is 0 Å². The monoisotopic (exact) mass is 336 g/mol. The number of nitrogens with one attached hydrogen (secondary N) is 1. The van der Waals surface area contributed by atoms with Gasteiger partial charge in [-0.05, 0) is 32.4 Å². The maximum absolute atomic E-state index is 9.24. The maximum Gasteiger partial charge on any atom is 0.146 e. The van der Waals surface area contributed by atoms with Crippen molar-refractivity contribution in [3.05, 3.63) is 35.9 Å². The molecule has 128 valence electrons. The fourth-order valence-electron chi connectivity index (χ4n) is 3.59. The van der Waals surface area contributed by atoms with E-state index in [-0.39, 0.29) is 0 Å². The number of fused-ring (bicyclic) bond motifs is 1. The van der Waals surface area contributed by atoms with E-state index in [1.54, 1.807) is 17.8 Å². The second-order valence-corrected chi connectivity index (χ2v) is 6.35. The summed E-state index contributed by atoms with van der Waals surface area (Å²) in [6.07, 6.45) is 7.70. The minimum Gasteiger partial charge on any atom is -0.494 e. The van der Waals surface area contributed by atoms with Gasteiger partial charge in [0.05, 0.1) is 25.5 Å². The number of nitriles is 1. The van der Waals surface area contributed by atoms with Gasteiger partial charge in [0.2, 0.25) is 0 Å². The summed E-state index contributed by atoms with van der Waals surface area (Å²) in [5.74, 6) is 0.637. The first-order valence-corrected chi connectivity index (χ1v) is 8.43. The van der Waals surface area contributed by atoms with Crippen molar-refractivity contribution >= 4 is 5.52 Å². The fourth-order valence-corrected chi connectivity index (χ4v) is 3.59. The van der Waals surface area contributed by atoms with Crippen molar-refractivity contribution in [1.82, 2.24) is 24.7 Å². The van der Waals surface area contributed by atoms with Crippen molar-refractivity contribution in [2.24, 2.45) is 0 Å². The third-order valence-electron chi connectivity index (χ3n) is 4.89. The van der Waals surface area contributed by atoms with Crippen molar-refractivity contribution in [2.45, 2.75) is 25.8 Å². The van der Waals surface area contributed by atoms with Crippen molar-refractivity contribution in [2.75, 3.05) is 20.2 Å². The van der Waals surface area contributed by atoms with E-state index >= 15 is 0 Å². The molecule has 4 heterocycles. The van der Waals surface area contributed by atoms with Crippen LogP contribution in [0.5, 0.6) is 5.75 Å². The first-order chi connectivity index (χ1) is 12.2. The standard InChI is InChI=1S/C18H20N6O/c1-12-16(10-22-24(12)15-4-3-5-20-9-15)13-6-17(25-2)18-14(7-19)8-21-23(18)11-13/h6,8,10-11,15,20H,3-5,9H2,1-2H3/t15-/m1/s1. The fraction of sp³-hybridized carbons (Fsp3) is 0.389. The predicted octanol–water partition coefficient (Wildman–Crippen LogP) is 2.31. The van der Waals surface area contributed by atoms with Crippen LogP contribution in [0.15, 0.2) is 24.7 Å². The highest BCUT2D eigenvalue weighted by molar-refractivity contribution is 5.75. The van der Waals surface area contributed by atoms with E-state index in [2.05, 4.69) is 33.2 Å². The van der Waals surface area contributed by atoms with Gasteiger partial charge in [0, 0.05) is 29.6 Å². The quantitative estimate of drug-likeness (QED) is 0.794. The maximum atomic E-state index is 9.24.